The molecular weight excluding hydrogens is 390 g/mol. The molecule has 6 heteroatoms. The maximum absolute atomic E-state index is 11.4. The van der Waals surface area contributed by atoms with Gasteiger partial charge in [-0.3, -0.25) is 4.79 Å². The molecular formula is C25H21N3O3. The average molecular weight is 411 g/mol. The number of allylic oxidation sites excluding steroid dienone is 4. The van der Waals surface area contributed by atoms with Crippen molar-refractivity contribution in [1.82, 2.24) is 0 Å². The van der Waals surface area contributed by atoms with Gasteiger partial charge >= 0.3 is 0 Å². The Bertz CT molecular complexity index is 1210. The number of benzene rings is 3. The normalized spacial score (nSPS) is 12.7. The summed E-state index contributed by atoms with van der Waals surface area (Å²) in [6.45, 7) is 1.99. The Hall–Kier alpha value is -4.32. The van der Waals surface area contributed by atoms with E-state index in [2.05, 4.69) is 15.6 Å². The van der Waals surface area contributed by atoms with Crippen LogP contribution in [0.2, 0.25) is 0 Å². The van der Waals surface area contributed by atoms with Gasteiger partial charge in [0.15, 0.2) is 5.78 Å². The molecule has 0 saturated carbocycles. The Kier molecular flexibility index (Phi) is 5.53. The lowest BCUT2D eigenvalue weighted by Crippen LogP contribution is -2.00. The zero-order valence-corrected chi connectivity index (χ0v) is 16.8. The third-order valence-electron chi connectivity index (χ3n) is 4.76. The van der Waals surface area contributed by atoms with Gasteiger partial charge in [0.1, 0.15) is 11.5 Å². The summed E-state index contributed by atoms with van der Waals surface area (Å²) in [5, 5.41) is 26.6. The molecule has 1 aliphatic carbocycles. The summed E-state index contributed by atoms with van der Waals surface area (Å²) in [5.41, 5.74) is 4.93. The average Bonchev–Trinajstić information content (AvgIpc) is 2.76. The molecule has 0 atom stereocenters. The van der Waals surface area contributed by atoms with E-state index in [1.165, 1.54) is 12.2 Å². The Morgan fingerprint density at radius 3 is 2.19 bits per heavy atom. The maximum Gasteiger partial charge on any atom is 0.178 e. The molecule has 0 aromatic heterocycles. The van der Waals surface area contributed by atoms with Crippen molar-refractivity contribution in [2.45, 2.75) is 6.92 Å². The number of para-hydroxylation sites is 1. The number of anilines is 4. The predicted octanol–water partition coefficient (Wildman–Crippen LogP) is 5.66. The molecule has 6 nitrogen and oxygen atoms in total. The first-order valence-electron chi connectivity index (χ1n) is 9.72. The standard InChI is InChI=1S/C25H21N3O3/c1-16-4-2-3-5-21(16)28-23-15-25(31)24(27-18-8-12-20(30)13-9-18)14-22(23)26-17-6-10-19(29)11-7-17/h2-15,27-28,30-31H,1H3. The molecule has 0 radical (unpaired) electrons. The van der Waals surface area contributed by atoms with E-state index in [1.807, 2.05) is 31.2 Å². The number of hydrogen-bond acceptors (Lipinski definition) is 6. The van der Waals surface area contributed by atoms with E-state index in [-0.39, 0.29) is 17.3 Å². The number of aromatic hydroxyl groups is 2. The number of carbonyl (C=O) groups is 1. The maximum atomic E-state index is 11.4. The summed E-state index contributed by atoms with van der Waals surface area (Å²) in [6.07, 6.45) is 6.23. The lowest BCUT2D eigenvalue weighted by molar-refractivity contribution is -0.110. The highest BCUT2D eigenvalue weighted by molar-refractivity contribution is 6.17. The lowest BCUT2D eigenvalue weighted by atomic mass is 10.1. The van der Waals surface area contributed by atoms with E-state index < -0.39 is 0 Å². The Morgan fingerprint density at radius 2 is 1.48 bits per heavy atom. The Balaban J connectivity index is 1.75. The number of phenols is 2. The molecule has 31 heavy (non-hydrogen) atoms. The number of rotatable bonds is 5. The second kappa shape index (κ2) is 8.59. The number of nitrogens with one attached hydrogen (secondary N) is 2. The minimum atomic E-state index is -0.0856. The second-order valence-electron chi connectivity index (χ2n) is 7.10. The van der Waals surface area contributed by atoms with Gasteiger partial charge in [-0.1, -0.05) is 18.2 Å². The van der Waals surface area contributed by atoms with Crippen LogP contribution in [0.3, 0.4) is 0 Å². The Labute approximate surface area is 179 Å². The van der Waals surface area contributed by atoms with Gasteiger partial charge in [-0.15, -0.1) is 0 Å². The van der Waals surface area contributed by atoms with E-state index in [1.54, 1.807) is 48.6 Å². The van der Waals surface area contributed by atoms with Crippen molar-refractivity contribution in [3.8, 4) is 11.5 Å². The predicted molar refractivity (Wildman–Crippen MR) is 124 cm³/mol. The molecule has 154 valence electrons. The van der Waals surface area contributed by atoms with Crippen LogP contribution in [-0.2, 0) is 4.79 Å². The third-order valence-corrected chi connectivity index (χ3v) is 4.76. The van der Waals surface area contributed by atoms with Crippen LogP contribution in [0.5, 0.6) is 11.5 Å². The SMILES string of the molecule is Cc1ccccc1Nc1cc(O)c(Nc2ccc(O)cc2)cc1N=C1C=CC(=O)C=C1. The zero-order valence-electron chi connectivity index (χ0n) is 16.8. The number of phenolic OH excluding ortho intramolecular Hbond substituents is 2. The molecule has 3 aromatic carbocycles. The minimum Gasteiger partial charge on any atom is -0.508 e. The summed E-state index contributed by atoms with van der Waals surface area (Å²) in [5.74, 6) is 0.112. The van der Waals surface area contributed by atoms with Crippen molar-refractivity contribution < 1.29 is 15.0 Å². The molecule has 0 aliphatic heterocycles. The number of aliphatic imine (C=N–C) groups is 1. The minimum absolute atomic E-state index is 0.0398. The number of hydrogen-bond donors (Lipinski definition) is 4. The summed E-state index contributed by atoms with van der Waals surface area (Å²) in [7, 11) is 0. The van der Waals surface area contributed by atoms with Crippen molar-refractivity contribution in [1.29, 1.82) is 0 Å². The van der Waals surface area contributed by atoms with Gasteiger partial charge in [0, 0.05) is 17.4 Å². The molecule has 4 rings (SSSR count). The van der Waals surface area contributed by atoms with E-state index in [9.17, 15) is 15.0 Å². The lowest BCUT2D eigenvalue weighted by Gasteiger charge is -2.16. The van der Waals surface area contributed by atoms with Gasteiger partial charge in [0.2, 0.25) is 0 Å². The van der Waals surface area contributed by atoms with Crippen LogP contribution in [0, 0.1) is 6.92 Å². The highest BCUT2D eigenvalue weighted by Crippen LogP contribution is 2.39. The van der Waals surface area contributed by atoms with Crippen LogP contribution in [0.1, 0.15) is 5.56 Å². The van der Waals surface area contributed by atoms with Gasteiger partial charge in [0.05, 0.1) is 22.8 Å². The zero-order chi connectivity index (χ0) is 21.8. The molecule has 0 unspecified atom stereocenters. The molecule has 0 heterocycles. The summed E-state index contributed by atoms with van der Waals surface area (Å²) < 4.78 is 0. The summed E-state index contributed by atoms with van der Waals surface area (Å²) in [4.78, 5) is 16.1. The van der Waals surface area contributed by atoms with Crippen LogP contribution < -0.4 is 10.6 Å². The van der Waals surface area contributed by atoms with Crippen LogP contribution >= 0.6 is 0 Å². The fourth-order valence-electron chi connectivity index (χ4n) is 3.09. The topological polar surface area (TPSA) is 93.9 Å². The van der Waals surface area contributed by atoms with Crippen LogP contribution in [0.25, 0.3) is 0 Å². The fraction of sp³-hybridized carbons (Fsp3) is 0.0400. The molecule has 4 N–H and O–H groups in total. The fourth-order valence-corrected chi connectivity index (χ4v) is 3.09. The summed E-state index contributed by atoms with van der Waals surface area (Å²) in [6, 6.07) is 17.7. The van der Waals surface area contributed by atoms with Crippen LogP contribution in [-0.4, -0.2) is 21.7 Å². The number of aryl methyl sites for hydroxylation is 1. The van der Waals surface area contributed by atoms with Crippen molar-refractivity contribution in [3.63, 3.8) is 0 Å². The molecule has 3 aromatic rings. The molecule has 0 spiro atoms. The summed E-state index contributed by atoms with van der Waals surface area (Å²) >= 11 is 0. The molecule has 0 fully saturated rings. The molecule has 0 amide bonds. The van der Waals surface area contributed by atoms with E-state index in [0.29, 0.717) is 28.5 Å². The highest BCUT2D eigenvalue weighted by Gasteiger charge is 2.12. The number of carbonyl (C=O) groups excluding carboxylic acids is 1. The second-order valence-corrected chi connectivity index (χ2v) is 7.10. The van der Waals surface area contributed by atoms with Crippen molar-refractivity contribution in [2.75, 3.05) is 10.6 Å². The van der Waals surface area contributed by atoms with Crippen LogP contribution in [0.15, 0.2) is 90.0 Å². The number of ketones is 1. The highest BCUT2D eigenvalue weighted by atomic mass is 16.3. The van der Waals surface area contributed by atoms with Gasteiger partial charge < -0.3 is 20.8 Å². The third kappa shape index (κ3) is 4.82. The van der Waals surface area contributed by atoms with Gasteiger partial charge in [-0.05, 0) is 73.2 Å². The Morgan fingerprint density at radius 1 is 0.774 bits per heavy atom. The molecule has 1 aliphatic rings. The van der Waals surface area contributed by atoms with E-state index in [0.717, 1.165) is 11.3 Å². The first-order valence-corrected chi connectivity index (χ1v) is 9.72. The number of nitrogens with zero attached hydrogens (tertiary/aromatic N) is 1. The van der Waals surface area contributed by atoms with E-state index in [4.69, 9.17) is 0 Å². The van der Waals surface area contributed by atoms with Crippen molar-refractivity contribution in [2.24, 2.45) is 4.99 Å². The first-order chi connectivity index (χ1) is 15.0. The molecule has 0 bridgehead atoms. The van der Waals surface area contributed by atoms with Gasteiger partial charge in [-0.25, -0.2) is 4.99 Å². The van der Waals surface area contributed by atoms with Crippen LogP contribution in [0.4, 0.5) is 28.4 Å². The smallest absolute Gasteiger partial charge is 0.178 e. The van der Waals surface area contributed by atoms with Gasteiger partial charge in [-0.2, -0.15) is 0 Å². The van der Waals surface area contributed by atoms with E-state index >= 15 is 0 Å². The largest absolute Gasteiger partial charge is 0.508 e. The quantitative estimate of drug-likeness (QED) is 0.247. The van der Waals surface area contributed by atoms with Crippen molar-refractivity contribution in [3.05, 3.63) is 90.5 Å². The monoisotopic (exact) mass is 411 g/mol. The van der Waals surface area contributed by atoms with Gasteiger partial charge in [0.25, 0.3) is 0 Å². The first kappa shape index (κ1) is 20.0. The van der Waals surface area contributed by atoms with Crippen molar-refractivity contribution >= 4 is 39.9 Å². The molecule has 0 saturated heterocycles.